The Morgan fingerprint density at radius 1 is 1.17 bits per heavy atom. The summed E-state index contributed by atoms with van der Waals surface area (Å²) in [6.07, 6.45) is 1.38. The van der Waals surface area contributed by atoms with Crippen molar-refractivity contribution in [3.63, 3.8) is 0 Å². The first-order valence-corrected chi connectivity index (χ1v) is 10.4. The molecule has 0 radical (unpaired) electrons. The van der Waals surface area contributed by atoms with Crippen LogP contribution in [0.4, 0.5) is 4.79 Å². The van der Waals surface area contributed by atoms with Crippen molar-refractivity contribution in [3.05, 3.63) is 78.4 Å². The molecule has 3 N–H and O–H groups in total. The molecule has 2 aromatic carbocycles. The van der Waals surface area contributed by atoms with Crippen molar-refractivity contribution >= 4 is 27.9 Å². The molecule has 1 saturated heterocycles. The van der Waals surface area contributed by atoms with Crippen LogP contribution in [0.1, 0.15) is 22.8 Å². The molecule has 4 amide bonds. The van der Waals surface area contributed by atoms with Gasteiger partial charge in [0.2, 0.25) is 10.0 Å². The van der Waals surface area contributed by atoms with Crippen molar-refractivity contribution in [1.29, 1.82) is 0 Å². The van der Waals surface area contributed by atoms with Gasteiger partial charge < -0.3 is 5.32 Å². The van der Waals surface area contributed by atoms with Gasteiger partial charge in [0.25, 0.3) is 11.8 Å². The van der Waals surface area contributed by atoms with Crippen molar-refractivity contribution in [3.8, 4) is 0 Å². The zero-order valence-corrected chi connectivity index (χ0v) is 16.9. The first kappa shape index (κ1) is 21.2. The normalized spacial score (nSPS) is 18.8. The number of urea groups is 1. The lowest BCUT2D eigenvalue weighted by Gasteiger charge is -2.22. The van der Waals surface area contributed by atoms with Crippen LogP contribution in [0.5, 0.6) is 0 Å². The number of sulfonamides is 1. The van der Waals surface area contributed by atoms with Crippen LogP contribution in [0.3, 0.4) is 0 Å². The fraction of sp³-hybridized carbons (Fsp3) is 0.150. The van der Waals surface area contributed by atoms with Gasteiger partial charge >= 0.3 is 6.03 Å². The molecule has 1 unspecified atom stereocenters. The Morgan fingerprint density at radius 2 is 1.87 bits per heavy atom. The van der Waals surface area contributed by atoms with Crippen LogP contribution in [0.25, 0.3) is 0 Å². The van der Waals surface area contributed by atoms with E-state index in [-0.39, 0.29) is 17.0 Å². The average molecular weight is 428 g/mol. The number of carbonyl (C=O) groups excluding carboxylic acids is 3. The Balaban J connectivity index is 1.81. The van der Waals surface area contributed by atoms with Crippen LogP contribution in [0, 0.1) is 0 Å². The third kappa shape index (κ3) is 3.95. The Hall–Kier alpha value is -3.50. The third-order valence-electron chi connectivity index (χ3n) is 4.58. The van der Waals surface area contributed by atoms with E-state index in [0.29, 0.717) is 10.6 Å². The van der Waals surface area contributed by atoms with Crippen molar-refractivity contribution in [1.82, 2.24) is 20.5 Å². The minimum Gasteiger partial charge on any atom is -0.318 e. The highest BCUT2D eigenvalue weighted by Crippen LogP contribution is 2.27. The molecular formula is C20H20N4O5S. The van der Waals surface area contributed by atoms with Gasteiger partial charge in [-0.3, -0.25) is 15.0 Å². The highest BCUT2D eigenvalue weighted by atomic mass is 32.2. The first-order chi connectivity index (χ1) is 14.2. The summed E-state index contributed by atoms with van der Waals surface area (Å²) in [6.45, 7) is 5.00. The second-order valence-corrected chi connectivity index (χ2v) is 8.44. The number of carbonyl (C=O) groups is 3. The average Bonchev–Trinajstić information content (AvgIpc) is 2.97. The Morgan fingerprint density at radius 3 is 2.53 bits per heavy atom. The van der Waals surface area contributed by atoms with Crippen LogP contribution >= 0.6 is 0 Å². The van der Waals surface area contributed by atoms with E-state index in [9.17, 15) is 22.8 Å². The summed E-state index contributed by atoms with van der Waals surface area (Å²) in [5.41, 5.74) is 1.42. The Bertz CT molecular complexity index is 1120. The van der Waals surface area contributed by atoms with Crippen LogP contribution < -0.4 is 15.5 Å². The van der Waals surface area contributed by atoms with E-state index in [1.165, 1.54) is 31.2 Å². The van der Waals surface area contributed by atoms with Crippen molar-refractivity contribution in [2.45, 2.75) is 17.4 Å². The number of nitrogens with one attached hydrogen (secondary N) is 3. The molecule has 1 aliphatic rings. The molecule has 0 saturated carbocycles. The van der Waals surface area contributed by atoms with Crippen LogP contribution in [0.2, 0.25) is 0 Å². The van der Waals surface area contributed by atoms with Gasteiger partial charge in [-0.2, -0.15) is 5.01 Å². The topological polar surface area (TPSA) is 125 Å². The zero-order chi connectivity index (χ0) is 21.9. The second kappa shape index (κ2) is 8.09. The number of rotatable bonds is 7. The van der Waals surface area contributed by atoms with Crippen LogP contribution in [-0.4, -0.2) is 37.8 Å². The van der Waals surface area contributed by atoms with Crippen molar-refractivity contribution < 1.29 is 22.8 Å². The minimum atomic E-state index is -3.84. The molecule has 1 aliphatic heterocycles. The van der Waals surface area contributed by atoms with E-state index in [4.69, 9.17) is 0 Å². The SMILES string of the molecule is C=CCNS(=O)(=O)c1cccc(C(=O)NN2C(=O)NC(C)(c3ccccc3)C2=O)c1. The van der Waals surface area contributed by atoms with Crippen LogP contribution in [-0.2, 0) is 20.4 Å². The van der Waals surface area contributed by atoms with Crippen molar-refractivity contribution in [2.75, 3.05) is 6.54 Å². The molecule has 156 valence electrons. The number of hydrogen-bond acceptors (Lipinski definition) is 5. The smallest absolute Gasteiger partial charge is 0.318 e. The second-order valence-electron chi connectivity index (χ2n) is 6.67. The summed E-state index contributed by atoms with van der Waals surface area (Å²) >= 11 is 0. The molecule has 2 aromatic rings. The van der Waals surface area contributed by atoms with Gasteiger partial charge in [-0.15, -0.1) is 6.58 Å². The molecule has 0 bridgehead atoms. The lowest BCUT2D eigenvalue weighted by atomic mass is 9.92. The van der Waals surface area contributed by atoms with Crippen molar-refractivity contribution in [2.24, 2.45) is 0 Å². The van der Waals surface area contributed by atoms with Gasteiger partial charge in [0.15, 0.2) is 0 Å². The summed E-state index contributed by atoms with van der Waals surface area (Å²) in [7, 11) is -3.84. The molecular weight excluding hydrogens is 408 g/mol. The summed E-state index contributed by atoms with van der Waals surface area (Å²) in [5, 5.41) is 3.16. The predicted molar refractivity (Wildman–Crippen MR) is 108 cm³/mol. The molecule has 1 fully saturated rings. The van der Waals surface area contributed by atoms with Gasteiger partial charge in [-0.05, 0) is 30.7 Å². The van der Waals surface area contributed by atoms with Gasteiger partial charge in [-0.1, -0.05) is 42.5 Å². The predicted octanol–water partition coefficient (Wildman–Crippen LogP) is 1.26. The zero-order valence-electron chi connectivity index (χ0n) is 16.1. The molecule has 9 nitrogen and oxygen atoms in total. The lowest BCUT2D eigenvalue weighted by Crippen LogP contribution is -2.47. The van der Waals surface area contributed by atoms with E-state index in [1.54, 1.807) is 30.3 Å². The van der Waals surface area contributed by atoms with Gasteiger partial charge in [0.05, 0.1) is 4.90 Å². The largest absolute Gasteiger partial charge is 0.344 e. The molecule has 30 heavy (non-hydrogen) atoms. The van der Waals surface area contributed by atoms with E-state index in [1.807, 2.05) is 0 Å². The summed E-state index contributed by atoms with van der Waals surface area (Å²) in [6, 6.07) is 13.0. The molecule has 3 rings (SSSR count). The van der Waals surface area contributed by atoms with Gasteiger partial charge in [0.1, 0.15) is 5.54 Å². The summed E-state index contributed by atoms with van der Waals surface area (Å²) in [4.78, 5) is 37.7. The van der Waals surface area contributed by atoms with E-state index >= 15 is 0 Å². The van der Waals surface area contributed by atoms with E-state index in [2.05, 4.69) is 22.0 Å². The summed E-state index contributed by atoms with van der Waals surface area (Å²) in [5.74, 6) is -1.47. The quantitative estimate of drug-likeness (QED) is 0.452. The lowest BCUT2D eigenvalue weighted by molar-refractivity contribution is -0.132. The van der Waals surface area contributed by atoms with Gasteiger partial charge in [0, 0.05) is 12.1 Å². The minimum absolute atomic E-state index is 0.0271. The standard InChI is InChI=1S/C20H20N4O5S/c1-3-12-21-30(28,29)16-11-7-8-14(13-16)17(25)23-24-18(26)20(2,22-19(24)27)15-9-5-4-6-10-15/h3-11,13,21H,1,12H2,2H3,(H,22,27)(H,23,25). The number of hydrazine groups is 1. The van der Waals surface area contributed by atoms with Crippen LogP contribution in [0.15, 0.2) is 72.1 Å². The molecule has 0 aromatic heterocycles. The number of benzene rings is 2. The Labute approximate surface area is 173 Å². The first-order valence-electron chi connectivity index (χ1n) is 8.93. The maximum absolute atomic E-state index is 12.9. The monoisotopic (exact) mass is 428 g/mol. The summed E-state index contributed by atoms with van der Waals surface area (Å²) < 4.78 is 26.8. The number of nitrogens with zero attached hydrogens (tertiary/aromatic N) is 1. The van der Waals surface area contributed by atoms with E-state index in [0.717, 1.165) is 6.07 Å². The number of imide groups is 1. The third-order valence-corrected chi connectivity index (χ3v) is 6.00. The maximum Gasteiger partial charge on any atom is 0.344 e. The molecule has 10 heteroatoms. The highest BCUT2D eigenvalue weighted by Gasteiger charge is 2.50. The molecule has 0 spiro atoms. The fourth-order valence-corrected chi connectivity index (χ4v) is 3.97. The van der Waals surface area contributed by atoms with E-state index < -0.39 is 33.4 Å². The number of hydrogen-bond donors (Lipinski definition) is 3. The molecule has 1 heterocycles. The number of amides is 4. The van der Waals surface area contributed by atoms with Gasteiger partial charge in [-0.25, -0.2) is 17.9 Å². The molecule has 1 atom stereocenters. The highest BCUT2D eigenvalue weighted by molar-refractivity contribution is 7.89. The maximum atomic E-state index is 12.9. The molecule has 0 aliphatic carbocycles. The fourth-order valence-electron chi connectivity index (χ4n) is 2.93. The Kier molecular flexibility index (Phi) is 5.72.